The Morgan fingerprint density at radius 2 is 1.83 bits per heavy atom. The van der Waals surface area contributed by atoms with Gasteiger partial charge >= 0.3 is 6.03 Å². The lowest BCUT2D eigenvalue weighted by Crippen LogP contribution is -2.29. The highest BCUT2D eigenvalue weighted by molar-refractivity contribution is 7.21. The van der Waals surface area contributed by atoms with Crippen molar-refractivity contribution in [1.82, 2.24) is 19.8 Å². The largest absolute Gasteiger partial charge is 0.456 e. The van der Waals surface area contributed by atoms with Crippen LogP contribution in [0, 0.1) is 6.92 Å². The summed E-state index contributed by atoms with van der Waals surface area (Å²) in [5.74, 6) is 1.17. The fraction of sp³-hybridized carbons (Fsp3) is 0.320. The Bertz CT molecular complexity index is 1420. The molecule has 2 atom stereocenters. The number of nitrogens with zero attached hydrogens (tertiary/aromatic N) is 3. The Hall–Kier alpha value is -3.47. The van der Waals surface area contributed by atoms with Crippen molar-refractivity contribution in [2.75, 3.05) is 34.4 Å². The van der Waals surface area contributed by atoms with E-state index in [1.54, 1.807) is 49.1 Å². The fourth-order valence-corrected chi connectivity index (χ4v) is 5.56. The normalized spacial score (nSPS) is 17.9. The van der Waals surface area contributed by atoms with Crippen LogP contribution >= 0.6 is 11.3 Å². The number of hydrogen-bond acceptors (Lipinski definition) is 7. The Morgan fingerprint density at radius 1 is 1.09 bits per heavy atom. The Balaban J connectivity index is 1.42. The number of ether oxygens (including phenoxy) is 3. The molecule has 1 saturated heterocycles. The number of carbonyl (C=O) groups excluding carboxylic acids is 2. The Labute approximate surface area is 206 Å². The molecule has 0 spiro atoms. The standard InChI is InChI=1S/C25H26N4O5S/c1-14-9-15-10-16(5-6-18(15)29(14)25(31)26-2)34-19-7-8-27-17-11-22(35-23(17)19)24(30)28-12-20(32-3)21(13-28)33-4/h5-11,20-21H,12-13H2,1-4H3,(H,26,31)/t20-,21?/m0/s1. The fourth-order valence-electron chi connectivity index (χ4n) is 4.52. The summed E-state index contributed by atoms with van der Waals surface area (Å²) in [4.78, 5) is 32.2. The molecule has 1 unspecified atom stereocenters. The van der Waals surface area contributed by atoms with Crippen LogP contribution in [0.1, 0.15) is 15.4 Å². The molecule has 5 rings (SSSR count). The smallest absolute Gasteiger partial charge is 0.325 e. The summed E-state index contributed by atoms with van der Waals surface area (Å²) in [6, 6.07) is 10.9. The summed E-state index contributed by atoms with van der Waals surface area (Å²) >= 11 is 1.36. The quantitative estimate of drug-likeness (QED) is 0.450. The van der Waals surface area contributed by atoms with Gasteiger partial charge in [0.25, 0.3) is 5.91 Å². The van der Waals surface area contributed by atoms with Crippen LogP contribution in [0.5, 0.6) is 11.5 Å². The maximum absolute atomic E-state index is 13.2. The number of aryl methyl sites for hydroxylation is 1. The number of fused-ring (bicyclic) bond motifs is 2. The average molecular weight is 495 g/mol. The zero-order chi connectivity index (χ0) is 24.7. The predicted octanol–water partition coefficient (Wildman–Crippen LogP) is 4.03. The van der Waals surface area contributed by atoms with Crippen LogP contribution in [0.2, 0.25) is 0 Å². The van der Waals surface area contributed by atoms with Crippen molar-refractivity contribution < 1.29 is 23.8 Å². The van der Waals surface area contributed by atoms with E-state index < -0.39 is 0 Å². The van der Waals surface area contributed by atoms with E-state index in [1.165, 1.54) is 11.3 Å². The van der Waals surface area contributed by atoms with Gasteiger partial charge in [0.15, 0.2) is 0 Å². The molecule has 4 heterocycles. The molecule has 1 aromatic carbocycles. The number of carbonyl (C=O) groups is 2. The number of hydrogen-bond donors (Lipinski definition) is 1. The zero-order valence-electron chi connectivity index (χ0n) is 19.9. The Kier molecular flexibility index (Phi) is 6.18. The minimum Gasteiger partial charge on any atom is -0.456 e. The van der Waals surface area contributed by atoms with Crippen LogP contribution in [0.25, 0.3) is 21.1 Å². The van der Waals surface area contributed by atoms with Gasteiger partial charge < -0.3 is 24.4 Å². The number of thiophene rings is 1. The van der Waals surface area contributed by atoms with Gasteiger partial charge in [0.05, 0.1) is 20.6 Å². The van der Waals surface area contributed by atoms with Crippen LogP contribution in [-0.4, -0.2) is 73.0 Å². The molecule has 35 heavy (non-hydrogen) atoms. The van der Waals surface area contributed by atoms with Gasteiger partial charge in [-0.1, -0.05) is 0 Å². The van der Waals surface area contributed by atoms with Gasteiger partial charge in [0.2, 0.25) is 0 Å². The first-order chi connectivity index (χ1) is 16.9. The number of nitrogens with one attached hydrogen (secondary N) is 1. The monoisotopic (exact) mass is 494 g/mol. The van der Waals surface area contributed by atoms with Gasteiger partial charge in [0, 0.05) is 57.7 Å². The summed E-state index contributed by atoms with van der Waals surface area (Å²) in [5.41, 5.74) is 2.33. The molecule has 4 aromatic rings. The molecule has 0 saturated carbocycles. The number of aromatic nitrogens is 2. The molecule has 0 bridgehead atoms. The number of benzene rings is 1. The summed E-state index contributed by atoms with van der Waals surface area (Å²) in [7, 11) is 4.86. The highest BCUT2D eigenvalue weighted by atomic mass is 32.1. The molecule has 0 radical (unpaired) electrons. The molecule has 2 amide bonds. The molecule has 1 aliphatic heterocycles. The lowest BCUT2D eigenvalue weighted by Gasteiger charge is -2.14. The molecule has 0 aliphatic carbocycles. The number of rotatable bonds is 5. The van der Waals surface area contributed by atoms with Crippen molar-refractivity contribution in [3.63, 3.8) is 0 Å². The third-order valence-electron chi connectivity index (χ3n) is 6.30. The van der Waals surface area contributed by atoms with Crippen LogP contribution < -0.4 is 10.1 Å². The van der Waals surface area contributed by atoms with Crippen molar-refractivity contribution in [2.24, 2.45) is 0 Å². The van der Waals surface area contributed by atoms with Crippen molar-refractivity contribution in [3.8, 4) is 11.5 Å². The molecule has 3 aromatic heterocycles. The third-order valence-corrected chi connectivity index (χ3v) is 7.42. The molecule has 10 heteroatoms. The highest BCUT2D eigenvalue weighted by Crippen LogP contribution is 2.37. The number of pyridine rings is 1. The molecule has 1 fully saturated rings. The van der Waals surface area contributed by atoms with E-state index in [2.05, 4.69) is 10.3 Å². The molecular weight excluding hydrogens is 468 g/mol. The maximum Gasteiger partial charge on any atom is 0.325 e. The number of likely N-dealkylation sites (tertiary alicyclic amines) is 1. The Morgan fingerprint density at radius 3 is 2.51 bits per heavy atom. The first kappa shape index (κ1) is 23.3. The van der Waals surface area contributed by atoms with E-state index in [1.807, 2.05) is 31.2 Å². The first-order valence-corrected chi connectivity index (χ1v) is 12.0. The van der Waals surface area contributed by atoms with Crippen LogP contribution in [0.3, 0.4) is 0 Å². The first-order valence-electron chi connectivity index (χ1n) is 11.2. The zero-order valence-corrected chi connectivity index (χ0v) is 20.7. The molecule has 1 N–H and O–H groups in total. The van der Waals surface area contributed by atoms with Gasteiger partial charge in [-0.3, -0.25) is 14.3 Å². The summed E-state index contributed by atoms with van der Waals surface area (Å²) in [6.45, 7) is 2.85. The maximum atomic E-state index is 13.2. The second kappa shape index (κ2) is 9.29. The summed E-state index contributed by atoms with van der Waals surface area (Å²) in [6.07, 6.45) is 1.38. The van der Waals surface area contributed by atoms with Crippen molar-refractivity contribution in [1.29, 1.82) is 0 Å². The van der Waals surface area contributed by atoms with Crippen LogP contribution in [0.15, 0.2) is 42.6 Å². The summed E-state index contributed by atoms with van der Waals surface area (Å²) < 4.78 is 19.6. The van der Waals surface area contributed by atoms with E-state index in [4.69, 9.17) is 14.2 Å². The van der Waals surface area contributed by atoms with E-state index in [9.17, 15) is 9.59 Å². The van der Waals surface area contributed by atoms with Crippen molar-refractivity contribution >= 4 is 44.4 Å². The second-order valence-corrected chi connectivity index (χ2v) is 9.44. The topological polar surface area (TPSA) is 94.9 Å². The minimum atomic E-state index is -0.190. The van der Waals surface area contributed by atoms with E-state index in [0.29, 0.717) is 35.0 Å². The summed E-state index contributed by atoms with van der Waals surface area (Å²) in [5, 5.41) is 3.55. The minimum absolute atomic E-state index is 0.0759. The molecular formula is C25H26N4O5S. The lowest BCUT2D eigenvalue weighted by molar-refractivity contribution is -0.00461. The van der Waals surface area contributed by atoms with Gasteiger partial charge in [-0.25, -0.2) is 4.79 Å². The molecule has 182 valence electrons. The SMILES string of the molecule is CNC(=O)n1c(C)cc2cc(Oc3ccnc4cc(C(=O)N5CC(OC)[C@@H](OC)C5)sc34)ccc21. The number of methoxy groups -OCH3 is 2. The lowest BCUT2D eigenvalue weighted by atomic mass is 10.2. The van der Waals surface area contributed by atoms with Gasteiger partial charge in [-0.05, 0) is 37.3 Å². The van der Waals surface area contributed by atoms with Crippen LogP contribution in [0.4, 0.5) is 4.79 Å². The third kappa shape index (κ3) is 4.13. The highest BCUT2D eigenvalue weighted by Gasteiger charge is 2.36. The van der Waals surface area contributed by atoms with Gasteiger partial charge in [-0.15, -0.1) is 11.3 Å². The van der Waals surface area contributed by atoms with Crippen molar-refractivity contribution in [2.45, 2.75) is 19.1 Å². The van der Waals surface area contributed by atoms with E-state index >= 15 is 0 Å². The predicted molar refractivity (Wildman–Crippen MR) is 134 cm³/mol. The van der Waals surface area contributed by atoms with Crippen LogP contribution in [-0.2, 0) is 9.47 Å². The van der Waals surface area contributed by atoms with Gasteiger partial charge in [-0.2, -0.15) is 0 Å². The molecule has 1 aliphatic rings. The average Bonchev–Trinajstić information content (AvgIpc) is 3.57. The van der Waals surface area contributed by atoms with Gasteiger partial charge in [0.1, 0.15) is 23.7 Å². The second-order valence-electron chi connectivity index (χ2n) is 8.39. The van der Waals surface area contributed by atoms with E-state index in [0.717, 1.165) is 21.3 Å². The number of amides is 2. The van der Waals surface area contributed by atoms with Crippen molar-refractivity contribution in [3.05, 3.63) is 53.2 Å². The van der Waals surface area contributed by atoms with E-state index in [-0.39, 0.29) is 24.1 Å². The molecule has 9 nitrogen and oxygen atoms in total.